The zero-order chi connectivity index (χ0) is 18.6. The van der Waals surface area contributed by atoms with Gasteiger partial charge in [-0.15, -0.1) is 0 Å². The first-order valence-corrected chi connectivity index (χ1v) is 10.4. The van der Waals surface area contributed by atoms with Crippen LogP contribution in [0.15, 0.2) is 87.5 Å². The summed E-state index contributed by atoms with van der Waals surface area (Å²) in [6.45, 7) is 0. The van der Waals surface area contributed by atoms with Crippen molar-refractivity contribution in [2.75, 3.05) is 27.6 Å². The van der Waals surface area contributed by atoms with Gasteiger partial charge in [0.15, 0.2) is 0 Å². The van der Waals surface area contributed by atoms with Crippen LogP contribution in [-0.2, 0) is 0 Å². The van der Waals surface area contributed by atoms with Gasteiger partial charge in [-0.2, -0.15) is 10.0 Å². The topological polar surface area (TPSA) is 27.7 Å². The number of rotatable bonds is 6. The number of ether oxygens (including phenoxy) is 3. The molecule has 0 aliphatic rings. The van der Waals surface area contributed by atoms with Crippen molar-refractivity contribution in [3.05, 3.63) is 72.8 Å². The second-order valence-corrected chi connectivity index (χ2v) is 9.20. The third-order valence-electron chi connectivity index (χ3n) is 4.59. The van der Waals surface area contributed by atoms with Gasteiger partial charge in [0.2, 0.25) is 0 Å². The lowest BCUT2D eigenvalue weighted by Crippen LogP contribution is -2.02. The van der Waals surface area contributed by atoms with E-state index in [1.807, 2.05) is 36.4 Å². The Morgan fingerprint density at radius 1 is 0.462 bits per heavy atom. The molecule has 26 heavy (non-hydrogen) atoms. The van der Waals surface area contributed by atoms with Gasteiger partial charge in [-0.3, -0.25) is 0 Å². The molecule has 0 heterocycles. The Hall–Kier alpha value is -2.59. The minimum Gasteiger partial charge on any atom is -0.497 e. The van der Waals surface area contributed by atoms with E-state index in [0.29, 0.717) is 0 Å². The van der Waals surface area contributed by atoms with Crippen LogP contribution in [0.4, 0.5) is 0 Å². The highest BCUT2D eigenvalue weighted by atomic mass is 32.3. The standard InChI is InChI=1S/C22H24O3S/c1-23-17-5-11-20(12-6-17)26(4,21-13-7-18(24-2)8-14-21)22-15-9-19(25-3)10-16-22/h5-16H,1-4H3. The van der Waals surface area contributed by atoms with E-state index in [1.165, 1.54) is 14.7 Å². The molecular weight excluding hydrogens is 344 g/mol. The van der Waals surface area contributed by atoms with Crippen LogP contribution in [0.5, 0.6) is 17.2 Å². The van der Waals surface area contributed by atoms with Crippen LogP contribution in [0, 0.1) is 0 Å². The monoisotopic (exact) mass is 368 g/mol. The minimum absolute atomic E-state index is 0.861. The van der Waals surface area contributed by atoms with Gasteiger partial charge >= 0.3 is 0 Å². The number of methoxy groups -OCH3 is 3. The summed E-state index contributed by atoms with van der Waals surface area (Å²) in [4.78, 5) is 3.82. The summed E-state index contributed by atoms with van der Waals surface area (Å²) in [5, 5.41) is 0. The molecular formula is C22H24O3S. The second kappa shape index (κ2) is 7.75. The zero-order valence-corrected chi connectivity index (χ0v) is 16.4. The van der Waals surface area contributed by atoms with Gasteiger partial charge in [0.1, 0.15) is 17.2 Å². The van der Waals surface area contributed by atoms with E-state index in [0.717, 1.165) is 17.2 Å². The quantitative estimate of drug-likeness (QED) is 0.565. The van der Waals surface area contributed by atoms with Crippen molar-refractivity contribution >= 4 is 10.0 Å². The van der Waals surface area contributed by atoms with E-state index >= 15 is 0 Å². The molecule has 0 aliphatic heterocycles. The molecule has 4 heteroatoms. The molecule has 0 aliphatic carbocycles. The van der Waals surface area contributed by atoms with Crippen LogP contribution in [-0.4, -0.2) is 27.6 Å². The molecule has 0 spiro atoms. The Kier molecular flexibility index (Phi) is 5.43. The normalized spacial score (nSPS) is 11.7. The Balaban J connectivity index is 2.15. The molecule has 3 aromatic rings. The Morgan fingerprint density at radius 2 is 0.692 bits per heavy atom. The third kappa shape index (κ3) is 3.37. The van der Waals surface area contributed by atoms with Gasteiger partial charge in [0.05, 0.1) is 21.3 Å². The van der Waals surface area contributed by atoms with Crippen LogP contribution in [0.2, 0.25) is 0 Å². The van der Waals surface area contributed by atoms with Crippen LogP contribution in [0.1, 0.15) is 0 Å². The maximum absolute atomic E-state index is 5.33. The first-order valence-electron chi connectivity index (χ1n) is 8.32. The lowest BCUT2D eigenvalue weighted by molar-refractivity contribution is 0.414. The number of hydrogen-bond acceptors (Lipinski definition) is 3. The van der Waals surface area contributed by atoms with Gasteiger partial charge in [0.25, 0.3) is 0 Å². The molecule has 0 atom stereocenters. The van der Waals surface area contributed by atoms with Crippen LogP contribution >= 0.6 is 10.0 Å². The van der Waals surface area contributed by atoms with E-state index in [-0.39, 0.29) is 0 Å². The van der Waals surface area contributed by atoms with Crippen LogP contribution in [0.25, 0.3) is 0 Å². The summed E-state index contributed by atoms with van der Waals surface area (Å²) in [6, 6.07) is 25.1. The van der Waals surface area contributed by atoms with E-state index < -0.39 is 10.0 Å². The summed E-state index contributed by atoms with van der Waals surface area (Å²) in [5.74, 6) is 2.58. The zero-order valence-electron chi connectivity index (χ0n) is 15.6. The summed E-state index contributed by atoms with van der Waals surface area (Å²) in [6.07, 6.45) is 2.32. The van der Waals surface area contributed by atoms with Crippen LogP contribution < -0.4 is 14.2 Å². The van der Waals surface area contributed by atoms with Crippen molar-refractivity contribution in [2.45, 2.75) is 14.7 Å². The molecule has 0 radical (unpaired) electrons. The summed E-state index contributed by atoms with van der Waals surface area (Å²) < 4.78 is 16.0. The smallest absolute Gasteiger partial charge is 0.118 e. The molecule has 0 fully saturated rings. The summed E-state index contributed by atoms with van der Waals surface area (Å²) >= 11 is 0. The predicted octanol–water partition coefficient (Wildman–Crippen LogP) is 5.62. The number of hydrogen-bond donors (Lipinski definition) is 0. The summed E-state index contributed by atoms with van der Waals surface area (Å²) in [5.41, 5.74) is 0. The highest BCUT2D eigenvalue weighted by Gasteiger charge is 2.26. The maximum Gasteiger partial charge on any atom is 0.118 e. The van der Waals surface area contributed by atoms with Crippen molar-refractivity contribution in [3.63, 3.8) is 0 Å². The van der Waals surface area contributed by atoms with Gasteiger partial charge in [0, 0.05) is 0 Å². The maximum atomic E-state index is 5.33. The molecule has 136 valence electrons. The van der Waals surface area contributed by atoms with Crippen molar-refractivity contribution in [2.24, 2.45) is 0 Å². The van der Waals surface area contributed by atoms with Crippen molar-refractivity contribution in [3.8, 4) is 17.2 Å². The minimum atomic E-state index is -1.42. The molecule has 3 aromatic carbocycles. The van der Waals surface area contributed by atoms with E-state index in [2.05, 4.69) is 42.7 Å². The van der Waals surface area contributed by atoms with E-state index in [9.17, 15) is 0 Å². The van der Waals surface area contributed by atoms with Gasteiger partial charge < -0.3 is 14.2 Å². The largest absolute Gasteiger partial charge is 0.497 e. The first-order chi connectivity index (χ1) is 12.6. The third-order valence-corrected chi connectivity index (χ3v) is 8.24. The lowest BCUT2D eigenvalue weighted by Gasteiger charge is -2.37. The molecule has 3 rings (SSSR count). The lowest BCUT2D eigenvalue weighted by atomic mass is 10.3. The van der Waals surface area contributed by atoms with Gasteiger partial charge in [-0.25, -0.2) is 0 Å². The van der Waals surface area contributed by atoms with Crippen LogP contribution in [0.3, 0.4) is 0 Å². The van der Waals surface area contributed by atoms with Crippen molar-refractivity contribution in [1.82, 2.24) is 0 Å². The highest BCUT2D eigenvalue weighted by molar-refractivity contribution is 8.33. The Bertz CT molecular complexity index is 724. The molecule has 0 unspecified atom stereocenters. The van der Waals surface area contributed by atoms with Gasteiger partial charge in [-0.05, 0) is 93.7 Å². The van der Waals surface area contributed by atoms with E-state index in [1.54, 1.807) is 21.3 Å². The SMILES string of the molecule is COc1ccc(S(C)(c2ccc(OC)cc2)c2ccc(OC)cc2)cc1. The highest BCUT2D eigenvalue weighted by Crippen LogP contribution is 2.65. The Morgan fingerprint density at radius 3 is 0.885 bits per heavy atom. The fraction of sp³-hybridized carbons (Fsp3) is 0.182. The first kappa shape index (κ1) is 18.2. The van der Waals surface area contributed by atoms with E-state index in [4.69, 9.17) is 14.2 Å². The van der Waals surface area contributed by atoms with Gasteiger partial charge in [-0.1, -0.05) is 0 Å². The van der Waals surface area contributed by atoms with Crippen molar-refractivity contribution in [1.29, 1.82) is 0 Å². The molecule has 0 amide bonds. The predicted molar refractivity (Wildman–Crippen MR) is 107 cm³/mol. The second-order valence-electron chi connectivity index (χ2n) is 5.95. The average molecular weight is 368 g/mol. The summed E-state index contributed by atoms with van der Waals surface area (Å²) in [7, 11) is 3.65. The molecule has 3 nitrogen and oxygen atoms in total. The average Bonchev–Trinajstić information content (AvgIpc) is 2.73. The fourth-order valence-electron chi connectivity index (χ4n) is 2.95. The molecule has 0 saturated heterocycles. The molecule has 0 bridgehead atoms. The Labute approximate surface area is 156 Å². The fourth-order valence-corrected chi connectivity index (χ4v) is 5.81. The van der Waals surface area contributed by atoms with Crippen molar-refractivity contribution < 1.29 is 14.2 Å². The number of benzene rings is 3. The molecule has 0 saturated carbocycles. The molecule has 0 N–H and O–H groups in total. The molecule has 0 aromatic heterocycles.